The number of hydrogen-bond donors (Lipinski definition) is 0. The van der Waals surface area contributed by atoms with Gasteiger partial charge in [0.2, 0.25) is 0 Å². The average molecular weight is 797 g/mol. The van der Waals surface area contributed by atoms with Gasteiger partial charge in [-0.3, -0.25) is 14.4 Å². The van der Waals surface area contributed by atoms with E-state index in [2.05, 4.69) is 69.4 Å². The van der Waals surface area contributed by atoms with Gasteiger partial charge in [-0.25, -0.2) is 0 Å². The SMILES string of the molecule is CCCCCCCC/C=C/C/C=C/CCC(=O)OCC(COC(=O)CCCCC/C=C/CCCCCCCC)OC(=O)CC/C=C/C/C=C/CCCCCCCC. The molecule has 0 radical (unpaired) electrons. The zero-order chi connectivity index (χ0) is 41.5. The molecule has 0 aliphatic carbocycles. The fourth-order valence-electron chi connectivity index (χ4n) is 6.36. The summed E-state index contributed by atoms with van der Waals surface area (Å²) in [6.45, 7) is 6.48. The molecule has 0 aliphatic heterocycles. The van der Waals surface area contributed by atoms with Crippen LogP contribution >= 0.6 is 0 Å². The van der Waals surface area contributed by atoms with Gasteiger partial charge in [0, 0.05) is 19.3 Å². The molecule has 328 valence electrons. The molecular formula is C51H88O6. The first-order valence-electron chi connectivity index (χ1n) is 23.8. The van der Waals surface area contributed by atoms with Crippen molar-refractivity contribution in [1.82, 2.24) is 0 Å². The van der Waals surface area contributed by atoms with E-state index < -0.39 is 12.1 Å². The number of ether oxygens (including phenoxy) is 3. The highest BCUT2D eigenvalue weighted by atomic mass is 16.6. The van der Waals surface area contributed by atoms with E-state index >= 15 is 0 Å². The molecule has 0 aromatic rings. The molecule has 0 saturated heterocycles. The van der Waals surface area contributed by atoms with E-state index in [1.807, 2.05) is 12.2 Å². The van der Waals surface area contributed by atoms with Crippen LogP contribution in [-0.4, -0.2) is 37.2 Å². The first-order valence-corrected chi connectivity index (χ1v) is 23.8. The maximum atomic E-state index is 12.7. The van der Waals surface area contributed by atoms with Crippen LogP contribution in [0.5, 0.6) is 0 Å². The van der Waals surface area contributed by atoms with Crippen molar-refractivity contribution in [2.24, 2.45) is 0 Å². The summed E-state index contributed by atoms with van der Waals surface area (Å²) in [4.78, 5) is 37.7. The lowest BCUT2D eigenvalue weighted by Crippen LogP contribution is -2.30. The normalized spacial score (nSPS) is 12.5. The van der Waals surface area contributed by atoms with Gasteiger partial charge in [-0.1, -0.05) is 184 Å². The minimum atomic E-state index is -0.830. The van der Waals surface area contributed by atoms with Gasteiger partial charge in [-0.05, 0) is 83.5 Å². The van der Waals surface area contributed by atoms with Gasteiger partial charge in [0.25, 0.3) is 0 Å². The molecule has 0 rings (SSSR count). The van der Waals surface area contributed by atoms with Crippen molar-refractivity contribution in [2.45, 2.75) is 232 Å². The standard InChI is InChI=1S/C51H88O6/c1-4-7-10-13-16-19-22-25-28-31-34-37-40-43-49(52)55-46-48(57-51(54)45-42-39-36-33-30-27-24-21-18-15-12-9-6-3)47-56-50(53)44-41-38-35-32-29-26-23-20-17-14-11-8-5-2/h25-30,34,36-37,39,48H,4-24,31-33,35,38,40-47H2,1-3H3/b28-25+,29-26+,30-27+,37-34+,39-36+. The van der Waals surface area contributed by atoms with Gasteiger partial charge in [-0.15, -0.1) is 0 Å². The highest BCUT2D eigenvalue weighted by molar-refractivity contribution is 5.71. The monoisotopic (exact) mass is 797 g/mol. The maximum absolute atomic E-state index is 12.7. The predicted octanol–water partition coefficient (Wildman–Crippen LogP) is 15.3. The molecule has 0 bridgehead atoms. The Morgan fingerprint density at radius 3 is 1.09 bits per heavy atom. The third kappa shape index (κ3) is 44.1. The summed E-state index contributed by atoms with van der Waals surface area (Å²) in [7, 11) is 0. The van der Waals surface area contributed by atoms with Crippen molar-refractivity contribution in [3.8, 4) is 0 Å². The lowest BCUT2D eigenvalue weighted by molar-refractivity contribution is -0.166. The number of carbonyl (C=O) groups excluding carboxylic acids is 3. The van der Waals surface area contributed by atoms with Crippen LogP contribution in [0.4, 0.5) is 0 Å². The quantitative estimate of drug-likeness (QED) is 0.0265. The molecule has 0 heterocycles. The van der Waals surface area contributed by atoms with Gasteiger partial charge in [0.1, 0.15) is 13.2 Å². The van der Waals surface area contributed by atoms with Crippen LogP contribution in [0.15, 0.2) is 60.8 Å². The van der Waals surface area contributed by atoms with E-state index in [1.54, 1.807) is 0 Å². The summed E-state index contributed by atoms with van der Waals surface area (Å²) in [5.74, 6) is -1.08. The number of carbonyl (C=O) groups is 3. The fourth-order valence-corrected chi connectivity index (χ4v) is 6.36. The first-order chi connectivity index (χ1) is 28.0. The summed E-state index contributed by atoms with van der Waals surface area (Å²) in [6.07, 6.45) is 55.1. The van der Waals surface area contributed by atoms with Crippen LogP contribution in [0.2, 0.25) is 0 Å². The molecule has 0 aliphatic rings. The molecule has 57 heavy (non-hydrogen) atoms. The van der Waals surface area contributed by atoms with Crippen molar-refractivity contribution in [1.29, 1.82) is 0 Å². The molecule has 0 aromatic heterocycles. The van der Waals surface area contributed by atoms with Crippen molar-refractivity contribution in [2.75, 3.05) is 13.2 Å². The largest absolute Gasteiger partial charge is 0.462 e. The Bertz CT molecular complexity index is 1050. The first kappa shape index (κ1) is 54.1. The van der Waals surface area contributed by atoms with E-state index in [9.17, 15) is 14.4 Å². The van der Waals surface area contributed by atoms with Crippen LogP contribution in [0, 0.1) is 0 Å². The smallest absolute Gasteiger partial charge is 0.306 e. The Balaban J connectivity index is 4.54. The van der Waals surface area contributed by atoms with E-state index in [4.69, 9.17) is 14.2 Å². The zero-order valence-corrected chi connectivity index (χ0v) is 37.3. The maximum Gasteiger partial charge on any atom is 0.306 e. The Kier molecular flexibility index (Phi) is 43.5. The summed E-state index contributed by atoms with van der Waals surface area (Å²) in [5, 5.41) is 0. The van der Waals surface area contributed by atoms with Gasteiger partial charge < -0.3 is 14.2 Å². The second-order valence-electron chi connectivity index (χ2n) is 15.7. The summed E-state index contributed by atoms with van der Waals surface area (Å²) in [6, 6.07) is 0. The summed E-state index contributed by atoms with van der Waals surface area (Å²) >= 11 is 0. The van der Waals surface area contributed by atoms with Crippen LogP contribution in [0.1, 0.15) is 226 Å². The molecule has 1 unspecified atom stereocenters. The minimum Gasteiger partial charge on any atom is -0.462 e. The molecular weight excluding hydrogens is 709 g/mol. The third-order valence-corrected chi connectivity index (χ3v) is 9.99. The molecule has 0 spiro atoms. The van der Waals surface area contributed by atoms with E-state index in [-0.39, 0.29) is 38.0 Å². The Hall–Kier alpha value is -2.89. The molecule has 0 fully saturated rings. The van der Waals surface area contributed by atoms with Crippen LogP contribution < -0.4 is 0 Å². The van der Waals surface area contributed by atoms with Crippen LogP contribution in [0.3, 0.4) is 0 Å². The topological polar surface area (TPSA) is 78.9 Å². The number of hydrogen-bond acceptors (Lipinski definition) is 6. The summed E-state index contributed by atoms with van der Waals surface area (Å²) in [5.41, 5.74) is 0. The molecule has 6 nitrogen and oxygen atoms in total. The Morgan fingerprint density at radius 2 is 0.667 bits per heavy atom. The molecule has 0 saturated carbocycles. The van der Waals surface area contributed by atoms with Crippen LogP contribution in [-0.2, 0) is 28.6 Å². The Morgan fingerprint density at radius 1 is 0.351 bits per heavy atom. The van der Waals surface area contributed by atoms with Gasteiger partial charge in [0.05, 0.1) is 0 Å². The van der Waals surface area contributed by atoms with E-state index in [1.165, 1.54) is 116 Å². The van der Waals surface area contributed by atoms with Crippen molar-refractivity contribution in [3.63, 3.8) is 0 Å². The molecule has 0 N–H and O–H groups in total. The number of unbranched alkanes of at least 4 members (excludes halogenated alkanes) is 21. The fraction of sp³-hybridized carbons (Fsp3) is 0.745. The predicted molar refractivity (Wildman–Crippen MR) is 242 cm³/mol. The van der Waals surface area contributed by atoms with Gasteiger partial charge >= 0.3 is 17.9 Å². The highest BCUT2D eigenvalue weighted by Crippen LogP contribution is 2.12. The molecule has 6 heteroatoms. The van der Waals surface area contributed by atoms with Gasteiger partial charge in [0.15, 0.2) is 6.10 Å². The van der Waals surface area contributed by atoms with Crippen LogP contribution in [0.25, 0.3) is 0 Å². The minimum absolute atomic E-state index is 0.122. The Labute approximate surface area is 351 Å². The highest BCUT2D eigenvalue weighted by Gasteiger charge is 2.19. The van der Waals surface area contributed by atoms with E-state index in [0.29, 0.717) is 19.3 Å². The lowest BCUT2D eigenvalue weighted by Gasteiger charge is -2.18. The molecule has 0 aromatic carbocycles. The summed E-state index contributed by atoms with van der Waals surface area (Å²) < 4.78 is 16.6. The molecule has 1 atom stereocenters. The number of allylic oxidation sites excluding steroid dienone is 10. The molecule has 0 amide bonds. The van der Waals surface area contributed by atoms with E-state index in [0.717, 1.165) is 57.8 Å². The lowest BCUT2D eigenvalue weighted by atomic mass is 10.1. The zero-order valence-electron chi connectivity index (χ0n) is 37.3. The van der Waals surface area contributed by atoms with Gasteiger partial charge in [-0.2, -0.15) is 0 Å². The van der Waals surface area contributed by atoms with Crippen molar-refractivity contribution >= 4 is 17.9 Å². The number of rotatable bonds is 42. The van der Waals surface area contributed by atoms with Crippen molar-refractivity contribution < 1.29 is 28.6 Å². The average Bonchev–Trinajstić information content (AvgIpc) is 3.21. The second kappa shape index (κ2) is 45.8. The second-order valence-corrected chi connectivity index (χ2v) is 15.7. The third-order valence-electron chi connectivity index (χ3n) is 9.99. The number of esters is 3. The van der Waals surface area contributed by atoms with Crippen molar-refractivity contribution in [3.05, 3.63) is 60.8 Å².